The lowest BCUT2D eigenvalue weighted by Crippen LogP contribution is -2.32. The number of rotatable bonds is 7. The monoisotopic (exact) mass is 305 g/mol. The highest BCUT2D eigenvalue weighted by Crippen LogP contribution is 2.25. The third-order valence-corrected chi connectivity index (χ3v) is 4.60. The van der Waals surface area contributed by atoms with Gasteiger partial charge in [-0.2, -0.15) is 0 Å². The molecule has 116 valence electrons. The molecule has 0 bridgehead atoms. The first-order chi connectivity index (χ1) is 10.2. The average Bonchev–Trinajstić information content (AvgIpc) is 2.48. The summed E-state index contributed by atoms with van der Waals surface area (Å²) in [6.07, 6.45) is 11.1. The van der Waals surface area contributed by atoms with Crippen molar-refractivity contribution in [3.63, 3.8) is 0 Å². The van der Waals surface area contributed by atoms with Crippen LogP contribution in [0.4, 0.5) is 0 Å². The molecule has 1 aliphatic rings. The number of nitrogens with one attached hydrogen (secondary N) is 1. The minimum absolute atomic E-state index is 0.509. The van der Waals surface area contributed by atoms with E-state index in [0.717, 1.165) is 18.0 Å². The highest BCUT2D eigenvalue weighted by atomic mass is 35.5. The van der Waals surface area contributed by atoms with Crippen molar-refractivity contribution in [2.75, 3.05) is 6.54 Å². The van der Waals surface area contributed by atoms with Gasteiger partial charge in [-0.25, -0.2) is 0 Å². The van der Waals surface area contributed by atoms with E-state index in [-0.39, 0.29) is 0 Å². The van der Waals surface area contributed by atoms with Crippen LogP contribution in [-0.2, 0) is 6.42 Å². The van der Waals surface area contributed by atoms with Gasteiger partial charge in [0, 0.05) is 11.1 Å². The van der Waals surface area contributed by atoms with Gasteiger partial charge in [0.15, 0.2) is 0 Å². The zero-order chi connectivity index (χ0) is 15.1. The van der Waals surface area contributed by atoms with E-state index >= 15 is 0 Å². The summed E-state index contributed by atoms with van der Waals surface area (Å²) in [5.41, 5.74) is 4.14. The fourth-order valence-corrected chi connectivity index (χ4v) is 3.37. The Kier molecular flexibility index (Phi) is 6.79. The predicted molar refractivity (Wildman–Crippen MR) is 93.1 cm³/mol. The highest BCUT2D eigenvalue weighted by molar-refractivity contribution is 6.31. The highest BCUT2D eigenvalue weighted by Gasteiger charge is 2.14. The molecule has 0 saturated carbocycles. The van der Waals surface area contributed by atoms with Crippen LogP contribution in [0.5, 0.6) is 0 Å². The van der Waals surface area contributed by atoms with Gasteiger partial charge in [0.05, 0.1) is 0 Å². The molecule has 1 aromatic carbocycles. The molecule has 1 aliphatic carbocycles. The van der Waals surface area contributed by atoms with E-state index in [1.54, 1.807) is 5.57 Å². The maximum atomic E-state index is 6.41. The largest absolute Gasteiger partial charge is 0.313 e. The molecule has 0 saturated heterocycles. The van der Waals surface area contributed by atoms with Gasteiger partial charge in [-0.15, -0.1) is 0 Å². The normalized spacial score (nSPS) is 16.6. The molecule has 1 N–H and O–H groups in total. The van der Waals surface area contributed by atoms with Crippen LogP contribution in [0.25, 0.3) is 0 Å². The maximum absolute atomic E-state index is 6.41. The SMILES string of the molecule is CCCNC(CC1=CCCCC1)Cc1ccc(C)cc1Cl. The molecule has 0 fully saturated rings. The molecule has 0 radical (unpaired) electrons. The zero-order valence-electron chi connectivity index (χ0n) is 13.4. The lowest BCUT2D eigenvalue weighted by atomic mass is 9.91. The molecular weight excluding hydrogens is 278 g/mol. The summed E-state index contributed by atoms with van der Waals surface area (Å²) in [6, 6.07) is 6.94. The van der Waals surface area contributed by atoms with Gasteiger partial charge in [-0.05, 0) is 75.6 Å². The molecule has 1 aromatic rings. The molecule has 0 spiro atoms. The number of allylic oxidation sites excluding steroid dienone is 1. The molecule has 1 unspecified atom stereocenters. The fourth-order valence-electron chi connectivity index (χ4n) is 3.05. The summed E-state index contributed by atoms with van der Waals surface area (Å²) in [5.74, 6) is 0. The first-order valence-corrected chi connectivity index (χ1v) is 8.73. The minimum atomic E-state index is 0.509. The van der Waals surface area contributed by atoms with Crippen molar-refractivity contribution in [3.8, 4) is 0 Å². The lowest BCUT2D eigenvalue weighted by molar-refractivity contribution is 0.490. The maximum Gasteiger partial charge on any atom is 0.0441 e. The van der Waals surface area contributed by atoms with Crippen LogP contribution in [0.15, 0.2) is 29.8 Å². The standard InChI is InChI=1S/C19H28ClN/c1-3-11-21-18(13-16-7-5-4-6-8-16)14-17-10-9-15(2)12-19(17)20/h7,9-10,12,18,21H,3-6,8,11,13-14H2,1-2H3. The second-order valence-corrected chi connectivity index (χ2v) is 6.67. The quantitative estimate of drug-likeness (QED) is 0.660. The second-order valence-electron chi connectivity index (χ2n) is 6.26. The van der Waals surface area contributed by atoms with Crippen molar-refractivity contribution in [1.29, 1.82) is 0 Å². The fraction of sp³-hybridized carbons (Fsp3) is 0.579. The van der Waals surface area contributed by atoms with Crippen LogP contribution < -0.4 is 5.32 Å². The minimum Gasteiger partial charge on any atom is -0.313 e. The van der Waals surface area contributed by atoms with E-state index in [2.05, 4.69) is 43.4 Å². The molecule has 2 rings (SSSR count). The predicted octanol–water partition coefficient (Wildman–Crippen LogP) is 5.45. The van der Waals surface area contributed by atoms with Crippen LogP contribution in [0.3, 0.4) is 0 Å². The topological polar surface area (TPSA) is 12.0 Å². The molecule has 0 aromatic heterocycles. The third kappa shape index (κ3) is 5.48. The van der Waals surface area contributed by atoms with E-state index in [4.69, 9.17) is 11.6 Å². The molecular formula is C19H28ClN. The summed E-state index contributed by atoms with van der Waals surface area (Å²) >= 11 is 6.41. The van der Waals surface area contributed by atoms with E-state index < -0.39 is 0 Å². The molecule has 1 atom stereocenters. The first-order valence-electron chi connectivity index (χ1n) is 8.35. The summed E-state index contributed by atoms with van der Waals surface area (Å²) in [4.78, 5) is 0. The van der Waals surface area contributed by atoms with Crippen LogP contribution in [0, 0.1) is 6.92 Å². The smallest absolute Gasteiger partial charge is 0.0441 e. The Morgan fingerprint density at radius 1 is 1.24 bits per heavy atom. The van der Waals surface area contributed by atoms with Gasteiger partial charge in [-0.3, -0.25) is 0 Å². The number of halogens is 1. The third-order valence-electron chi connectivity index (χ3n) is 4.25. The van der Waals surface area contributed by atoms with E-state index in [1.807, 2.05) is 0 Å². The van der Waals surface area contributed by atoms with Crippen molar-refractivity contribution in [2.24, 2.45) is 0 Å². The summed E-state index contributed by atoms with van der Waals surface area (Å²) in [7, 11) is 0. The van der Waals surface area contributed by atoms with Crippen molar-refractivity contribution in [1.82, 2.24) is 5.32 Å². The summed E-state index contributed by atoms with van der Waals surface area (Å²) < 4.78 is 0. The van der Waals surface area contributed by atoms with Gasteiger partial charge in [0.2, 0.25) is 0 Å². The Balaban J connectivity index is 2.02. The number of aryl methyl sites for hydroxylation is 1. The van der Waals surface area contributed by atoms with Crippen molar-refractivity contribution < 1.29 is 0 Å². The van der Waals surface area contributed by atoms with Gasteiger partial charge < -0.3 is 5.32 Å². The van der Waals surface area contributed by atoms with E-state index in [0.29, 0.717) is 6.04 Å². The number of benzene rings is 1. The Morgan fingerprint density at radius 2 is 2.10 bits per heavy atom. The van der Waals surface area contributed by atoms with E-state index in [9.17, 15) is 0 Å². The number of hydrogen-bond donors (Lipinski definition) is 1. The van der Waals surface area contributed by atoms with Crippen LogP contribution in [-0.4, -0.2) is 12.6 Å². The Bertz CT molecular complexity index is 478. The average molecular weight is 306 g/mol. The van der Waals surface area contributed by atoms with Gasteiger partial charge >= 0.3 is 0 Å². The van der Waals surface area contributed by atoms with Crippen LogP contribution in [0.2, 0.25) is 5.02 Å². The first kappa shape index (κ1) is 16.6. The molecule has 2 heteroatoms. The molecule has 1 nitrogen and oxygen atoms in total. The molecule has 0 aliphatic heterocycles. The Hall–Kier alpha value is -0.790. The van der Waals surface area contributed by atoms with Crippen molar-refractivity contribution in [3.05, 3.63) is 46.0 Å². The van der Waals surface area contributed by atoms with Gasteiger partial charge in [0.25, 0.3) is 0 Å². The Morgan fingerprint density at radius 3 is 2.76 bits per heavy atom. The van der Waals surface area contributed by atoms with Crippen LogP contribution >= 0.6 is 11.6 Å². The summed E-state index contributed by atoms with van der Waals surface area (Å²) in [6.45, 7) is 5.40. The van der Waals surface area contributed by atoms with E-state index in [1.165, 1.54) is 49.7 Å². The van der Waals surface area contributed by atoms with Crippen molar-refractivity contribution in [2.45, 2.75) is 64.8 Å². The number of hydrogen-bond acceptors (Lipinski definition) is 1. The molecule has 0 amide bonds. The lowest BCUT2D eigenvalue weighted by Gasteiger charge is -2.22. The Labute approximate surface area is 134 Å². The zero-order valence-corrected chi connectivity index (χ0v) is 14.2. The van der Waals surface area contributed by atoms with Crippen LogP contribution in [0.1, 0.15) is 56.6 Å². The van der Waals surface area contributed by atoms with Gasteiger partial charge in [-0.1, -0.05) is 42.3 Å². The molecule has 0 heterocycles. The van der Waals surface area contributed by atoms with Gasteiger partial charge in [0.1, 0.15) is 0 Å². The molecule has 21 heavy (non-hydrogen) atoms. The summed E-state index contributed by atoms with van der Waals surface area (Å²) in [5, 5.41) is 4.62. The van der Waals surface area contributed by atoms with Crippen molar-refractivity contribution >= 4 is 11.6 Å². The second kappa shape index (κ2) is 8.60.